The summed E-state index contributed by atoms with van der Waals surface area (Å²) in [6, 6.07) is 0. The van der Waals surface area contributed by atoms with Gasteiger partial charge in [-0.25, -0.2) is 0 Å². The first-order valence-electron chi connectivity index (χ1n) is 48.3. The van der Waals surface area contributed by atoms with E-state index in [0.717, 1.165) is 139 Å². The minimum atomic E-state index is -0.326. The number of hydrogen-bond acceptors (Lipinski definition) is 22. The van der Waals surface area contributed by atoms with Gasteiger partial charge in [0, 0.05) is 18.3 Å². The summed E-state index contributed by atoms with van der Waals surface area (Å²) >= 11 is 0. The lowest BCUT2D eigenvalue weighted by molar-refractivity contribution is -0.169. The summed E-state index contributed by atoms with van der Waals surface area (Å²) < 4.78 is 66.6. The third kappa shape index (κ3) is 27.0. The molecule has 22 heteroatoms. The maximum atomic E-state index is 11.6. The Morgan fingerprint density at radius 3 is 1.45 bits per heavy atom. The zero-order chi connectivity index (χ0) is 87.1. The maximum absolute atomic E-state index is 11.6. The van der Waals surface area contributed by atoms with E-state index in [4.69, 9.17) is 61.6 Å². The van der Waals surface area contributed by atoms with Crippen molar-refractivity contribution in [1.29, 1.82) is 0 Å². The van der Waals surface area contributed by atoms with Crippen molar-refractivity contribution >= 4 is 53.7 Å². The van der Waals surface area contributed by atoms with Gasteiger partial charge in [0.25, 0.3) is 0 Å². The summed E-state index contributed by atoms with van der Waals surface area (Å²) in [5.41, 5.74) is -0.0266. The van der Waals surface area contributed by atoms with Crippen LogP contribution in [-0.4, -0.2) is 149 Å². The van der Waals surface area contributed by atoms with E-state index in [-0.39, 0.29) is 126 Å². The molecule has 12 bridgehead atoms. The SMILES string of the molecule is CC.CC.CC.CC.CC.CC.CC.CC.CC.CC.CC.O=C1CC2CCCC2O1.O=C1CC2OC3OCOC3C2O1.O=C1CC2OCCC2O1.O=C1OC2CC3CC(C2)CC1C3.O=C1OC2CC3CC2CC13.O=C1OCC2CC3CC1C2C3.O=C1OCC2CCCC12.O=C1OCCC12CC1CCC2C1.O=C1OCCC12CCCCC2. The van der Waals surface area contributed by atoms with Crippen LogP contribution in [0.4, 0.5) is 0 Å². The van der Waals surface area contributed by atoms with E-state index in [2.05, 4.69) is 0 Å². The first-order valence-corrected chi connectivity index (χ1v) is 48.3. The molecule has 23 atom stereocenters. The average molecular weight is 1660 g/mol. The molecule has 11 aliphatic carbocycles. The van der Waals surface area contributed by atoms with Gasteiger partial charge in [0.1, 0.15) is 36.6 Å². The molecule has 11 saturated carbocycles. The van der Waals surface area contributed by atoms with E-state index in [0.29, 0.717) is 92.7 Å². The molecule has 0 aromatic rings. The Hall–Kier alpha value is -4.93. The van der Waals surface area contributed by atoms with Crippen molar-refractivity contribution in [3.8, 4) is 0 Å². The van der Waals surface area contributed by atoms with Crippen LogP contribution in [0.3, 0.4) is 0 Å². The number of cyclic esters (lactones) is 4. The second kappa shape index (κ2) is 54.5. The van der Waals surface area contributed by atoms with Crippen molar-refractivity contribution in [1.82, 2.24) is 0 Å². The summed E-state index contributed by atoms with van der Waals surface area (Å²) in [7, 11) is 0. The Morgan fingerprint density at radius 2 is 0.906 bits per heavy atom. The number of ether oxygens (including phenoxy) is 13. The van der Waals surface area contributed by atoms with Crippen LogP contribution in [0.5, 0.6) is 0 Å². The summed E-state index contributed by atoms with van der Waals surface area (Å²) in [6.45, 7) is 47.7. The molecular weight excluding hydrogens is 1490 g/mol. The monoisotopic (exact) mass is 1660 g/mol. The molecule has 23 unspecified atom stereocenters. The number of carbonyl (C=O) groups is 9. The second-order valence-electron chi connectivity index (χ2n) is 32.5. The molecule has 678 valence electrons. The van der Waals surface area contributed by atoms with Gasteiger partial charge in [-0.15, -0.1) is 0 Å². The molecule has 0 N–H and O–H groups in total. The second-order valence-corrected chi connectivity index (χ2v) is 32.5. The molecule has 14 heterocycles. The van der Waals surface area contributed by atoms with Crippen LogP contribution < -0.4 is 0 Å². The summed E-state index contributed by atoms with van der Waals surface area (Å²) in [5, 5.41) is 0. The number of rotatable bonds is 0. The van der Waals surface area contributed by atoms with Crippen molar-refractivity contribution in [2.75, 3.05) is 39.8 Å². The molecule has 0 aromatic carbocycles. The summed E-state index contributed by atoms with van der Waals surface area (Å²) in [6.07, 6.45) is 35.7. The van der Waals surface area contributed by atoms with Gasteiger partial charge in [0.15, 0.2) is 25.3 Å². The molecule has 14 saturated heterocycles. The molecule has 25 fully saturated rings. The quantitative estimate of drug-likeness (QED) is 0.161. The van der Waals surface area contributed by atoms with E-state index in [1.54, 1.807) is 0 Å². The first-order chi connectivity index (χ1) is 57.1. The minimum absolute atomic E-state index is 0.00289. The van der Waals surface area contributed by atoms with Crippen molar-refractivity contribution < 1.29 is 105 Å². The van der Waals surface area contributed by atoms with Gasteiger partial charge in [0.05, 0.1) is 86.8 Å². The van der Waals surface area contributed by atoms with Crippen LogP contribution in [0.15, 0.2) is 0 Å². The molecule has 117 heavy (non-hydrogen) atoms. The van der Waals surface area contributed by atoms with Crippen LogP contribution in [0, 0.1) is 99.6 Å². The Morgan fingerprint density at radius 1 is 0.316 bits per heavy atom. The van der Waals surface area contributed by atoms with Crippen molar-refractivity contribution in [2.45, 2.75) is 413 Å². The highest BCUT2D eigenvalue weighted by atomic mass is 16.8. The average Bonchev–Trinajstić information content (AvgIpc) is 1.60. The predicted octanol–water partition coefficient (Wildman–Crippen LogP) is 20.4. The zero-order valence-electron chi connectivity index (χ0n) is 77.2. The summed E-state index contributed by atoms with van der Waals surface area (Å²) in [5.74, 6) is 9.44. The third-order valence-electron chi connectivity index (χ3n) is 26.9. The number of hydrogen-bond donors (Lipinski definition) is 0. The normalized spacial score (nSPS) is 37.9. The van der Waals surface area contributed by atoms with Gasteiger partial charge in [-0.05, 0) is 201 Å². The molecule has 14 aliphatic heterocycles. The Bertz CT molecular complexity index is 2820. The fourth-order valence-corrected chi connectivity index (χ4v) is 22.2. The standard InChI is InChI=1S/2C10H14O2.C9H12O2.C9H14O2.C8H10O2.C7H8O5.2C7H10O2.C6H8O3.11C2H6/c11-10-8-2-6-1-7(3-8)5-9(4-6)12-10;11-9-10(3-4-12-9)6-7-1-2-8(10)5-7;10-9-8-3-5-1-6(4-11-9)7(8)2-5;10-8-9(6-7-11-8)4-2-1-3-5-9;9-8-6-2-5-1-4(6)3-7(5)10-8;8-4-1-3-5(12-4)6-7(11-3)10-2-9-6;8-7-6-3-1-2-5(6)4-9-7;8-7-4-5-2-1-3-6(5)9-7;7-6-3-5-4(9-6)1-2-8-5;11*1-2/h6-9H,1-5H2;7-8H,1-6H2;5-8H,1-4H2;1-7H2;4-7H,1-3H2;3,5-7H,1-2H2;2*5-6H,1-4H2;4-5H,1-3H2;11*1-2H3. The van der Waals surface area contributed by atoms with Gasteiger partial charge < -0.3 is 61.6 Å². The lowest BCUT2D eigenvalue weighted by atomic mass is 9.68. The van der Waals surface area contributed by atoms with E-state index in [9.17, 15) is 43.2 Å². The third-order valence-corrected chi connectivity index (χ3v) is 26.9. The van der Waals surface area contributed by atoms with Gasteiger partial charge in [-0.2, -0.15) is 0 Å². The summed E-state index contributed by atoms with van der Waals surface area (Å²) in [4.78, 5) is 99.5. The molecule has 2 spiro atoms. The lowest BCUT2D eigenvalue weighted by Gasteiger charge is -2.35. The maximum Gasteiger partial charge on any atom is 0.312 e. The van der Waals surface area contributed by atoms with Crippen molar-refractivity contribution in [2.24, 2.45) is 99.6 Å². The topological polar surface area (TPSA) is 274 Å². The molecule has 22 nitrogen and oxygen atoms in total. The molecule has 0 radical (unpaired) electrons. The molecule has 0 amide bonds. The highest BCUT2D eigenvalue weighted by Gasteiger charge is 2.60. The smallest absolute Gasteiger partial charge is 0.312 e. The van der Waals surface area contributed by atoms with Crippen LogP contribution in [0.1, 0.15) is 358 Å². The number of carbonyl (C=O) groups excluding carboxylic acids is 9. The Labute approximate surface area is 707 Å². The first kappa shape index (κ1) is 104. The number of fused-ring (bicyclic) bond motifs is 12. The van der Waals surface area contributed by atoms with Crippen LogP contribution in [0.2, 0.25) is 0 Å². The fraction of sp³-hybridized carbons (Fsp3) is 0.905. The van der Waals surface area contributed by atoms with Crippen molar-refractivity contribution in [3.05, 3.63) is 0 Å². The van der Waals surface area contributed by atoms with Gasteiger partial charge in [-0.1, -0.05) is 184 Å². The highest BCUT2D eigenvalue weighted by Crippen LogP contribution is 2.60. The van der Waals surface area contributed by atoms with Crippen LogP contribution in [-0.2, 0) is 105 Å². The molecule has 25 aliphatic rings. The van der Waals surface area contributed by atoms with Crippen LogP contribution in [0.25, 0.3) is 0 Å². The Balaban J connectivity index is 0.000000269. The largest absolute Gasteiger partial charge is 0.465 e. The lowest BCUT2D eigenvalue weighted by Crippen LogP contribution is -2.39. The van der Waals surface area contributed by atoms with Gasteiger partial charge in [0.2, 0.25) is 0 Å². The fourth-order valence-electron chi connectivity index (χ4n) is 22.2. The Kier molecular flexibility index (Phi) is 48.7. The molecule has 0 aromatic heterocycles. The van der Waals surface area contributed by atoms with E-state index in [1.807, 2.05) is 152 Å². The van der Waals surface area contributed by atoms with Gasteiger partial charge >= 0.3 is 53.7 Å². The minimum Gasteiger partial charge on any atom is -0.465 e. The predicted molar refractivity (Wildman–Crippen MR) is 452 cm³/mol. The number of esters is 9. The van der Waals surface area contributed by atoms with Crippen molar-refractivity contribution in [3.63, 3.8) is 0 Å². The van der Waals surface area contributed by atoms with E-state index < -0.39 is 0 Å². The van der Waals surface area contributed by atoms with Gasteiger partial charge in [-0.3, -0.25) is 43.2 Å². The van der Waals surface area contributed by atoms with E-state index >= 15 is 0 Å². The van der Waals surface area contributed by atoms with E-state index in [1.165, 1.54) is 96.3 Å². The molecule has 25 rings (SSSR count). The highest BCUT2D eigenvalue weighted by molar-refractivity contribution is 5.80. The molecular formula is C95H166O22. The zero-order valence-corrected chi connectivity index (χ0v) is 77.2. The van der Waals surface area contributed by atoms with Crippen LogP contribution >= 0.6 is 0 Å².